The average molecular weight is 135 g/mol. The maximum atomic E-state index is 4.98. The fraction of sp³-hybridized carbons (Fsp3) is 0.250. The van der Waals surface area contributed by atoms with E-state index in [0.717, 1.165) is 5.56 Å². The van der Waals surface area contributed by atoms with Crippen LogP contribution in [0.25, 0.3) is 0 Å². The van der Waals surface area contributed by atoms with Gasteiger partial charge in [0, 0.05) is 12.4 Å². The lowest BCUT2D eigenvalue weighted by Crippen LogP contribution is -1.93. The lowest BCUT2D eigenvalue weighted by Gasteiger charge is -2.06. The third-order valence-electron chi connectivity index (χ3n) is 1.36. The first-order valence-corrected chi connectivity index (χ1v) is 3.10. The number of hydrogen-bond donors (Lipinski definition) is 0. The Hall–Kier alpha value is -0.890. The first-order chi connectivity index (χ1) is 4.84. The van der Waals surface area contributed by atoms with Crippen LogP contribution >= 0.6 is 0 Å². The topological polar surface area (TPSA) is 22.1 Å². The third kappa shape index (κ3) is 1.54. The van der Waals surface area contributed by atoms with Crippen LogP contribution in [-0.4, -0.2) is 4.98 Å². The highest BCUT2D eigenvalue weighted by Crippen LogP contribution is 2.12. The maximum absolute atomic E-state index is 4.98. The molecule has 0 fully saturated rings. The van der Waals surface area contributed by atoms with Gasteiger partial charge in [0.25, 0.3) is 0 Å². The SMILES string of the molecule is [CH]OC(C)c1cccnc1. The molecule has 0 saturated carbocycles. The first kappa shape index (κ1) is 7.22. The van der Waals surface area contributed by atoms with Crippen LogP contribution in [-0.2, 0) is 4.74 Å². The van der Waals surface area contributed by atoms with Gasteiger partial charge in [0.15, 0.2) is 0 Å². The molecule has 2 heteroatoms. The summed E-state index contributed by atoms with van der Waals surface area (Å²) in [5.41, 5.74) is 0.991. The molecule has 2 radical (unpaired) electrons. The van der Waals surface area contributed by atoms with E-state index in [4.69, 9.17) is 7.11 Å². The van der Waals surface area contributed by atoms with Crippen molar-refractivity contribution in [1.82, 2.24) is 4.98 Å². The van der Waals surface area contributed by atoms with Gasteiger partial charge in [0.2, 0.25) is 0 Å². The van der Waals surface area contributed by atoms with E-state index in [-0.39, 0.29) is 6.10 Å². The summed E-state index contributed by atoms with van der Waals surface area (Å²) in [4.78, 5) is 3.92. The molecule has 0 N–H and O–H groups in total. The minimum atomic E-state index is -0.0753. The molecule has 10 heavy (non-hydrogen) atoms. The van der Waals surface area contributed by atoms with Crippen LogP contribution < -0.4 is 0 Å². The van der Waals surface area contributed by atoms with Gasteiger partial charge in [0.1, 0.15) is 7.11 Å². The quantitative estimate of drug-likeness (QED) is 0.617. The summed E-state index contributed by atoms with van der Waals surface area (Å²) >= 11 is 0. The lowest BCUT2D eigenvalue weighted by atomic mass is 10.2. The highest BCUT2D eigenvalue weighted by Gasteiger charge is 2.00. The highest BCUT2D eigenvalue weighted by molar-refractivity contribution is 5.10. The summed E-state index contributed by atoms with van der Waals surface area (Å²) in [6, 6.07) is 3.77. The van der Waals surface area contributed by atoms with Crippen LogP contribution in [0.1, 0.15) is 18.6 Å². The number of hydrogen-bond acceptors (Lipinski definition) is 2. The van der Waals surface area contributed by atoms with Crippen molar-refractivity contribution in [2.75, 3.05) is 0 Å². The van der Waals surface area contributed by atoms with Crippen molar-refractivity contribution in [2.24, 2.45) is 0 Å². The van der Waals surface area contributed by atoms with Crippen LogP contribution in [0.4, 0.5) is 0 Å². The summed E-state index contributed by atoms with van der Waals surface area (Å²) in [5, 5.41) is 0. The Labute approximate surface area is 60.9 Å². The summed E-state index contributed by atoms with van der Waals surface area (Å²) in [6.07, 6.45) is 3.37. The molecule has 2 nitrogen and oxygen atoms in total. The number of nitrogens with zero attached hydrogens (tertiary/aromatic N) is 1. The average Bonchev–Trinajstić information content (AvgIpc) is 2.05. The van der Waals surface area contributed by atoms with Gasteiger partial charge in [-0.05, 0) is 18.6 Å². The molecule has 1 aromatic rings. The van der Waals surface area contributed by atoms with Gasteiger partial charge < -0.3 is 4.74 Å². The Morgan fingerprint density at radius 2 is 2.50 bits per heavy atom. The van der Waals surface area contributed by atoms with E-state index in [9.17, 15) is 0 Å². The van der Waals surface area contributed by atoms with Gasteiger partial charge in [-0.15, -0.1) is 0 Å². The van der Waals surface area contributed by atoms with Gasteiger partial charge in [-0.1, -0.05) is 6.07 Å². The van der Waals surface area contributed by atoms with Gasteiger partial charge in [-0.2, -0.15) is 0 Å². The molecular formula is C8H9NO. The highest BCUT2D eigenvalue weighted by atomic mass is 16.5. The molecule has 1 atom stereocenters. The third-order valence-corrected chi connectivity index (χ3v) is 1.36. The van der Waals surface area contributed by atoms with E-state index in [1.165, 1.54) is 0 Å². The van der Waals surface area contributed by atoms with Crippen LogP contribution in [0.15, 0.2) is 24.5 Å². The Morgan fingerprint density at radius 1 is 1.70 bits per heavy atom. The largest absolute Gasteiger partial charge is 0.365 e. The Kier molecular flexibility index (Phi) is 2.40. The van der Waals surface area contributed by atoms with E-state index in [0.29, 0.717) is 0 Å². The molecule has 0 aliphatic heterocycles. The van der Waals surface area contributed by atoms with Crippen molar-refractivity contribution in [2.45, 2.75) is 13.0 Å². The first-order valence-electron chi connectivity index (χ1n) is 3.10. The monoisotopic (exact) mass is 135 g/mol. The van der Waals surface area contributed by atoms with E-state index in [1.54, 1.807) is 12.4 Å². The molecule has 0 saturated heterocycles. The predicted molar refractivity (Wildman–Crippen MR) is 38.0 cm³/mol. The standard InChI is InChI=1S/C8H9NO/c1-7(10-2)8-4-3-5-9-6-8/h2-7H,1H3. The zero-order chi connectivity index (χ0) is 7.40. The number of rotatable bonds is 2. The van der Waals surface area contributed by atoms with E-state index in [2.05, 4.69) is 9.72 Å². The smallest absolute Gasteiger partial charge is 0.116 e. The van der Waals surface area contributed by atoms with Crippen LogP contribution in [0, 0.1) is 7.11 Å². The minimum absolute atomic E-state index is 0.0753. The molecular weight excluding hydrogens is 126 g/mol. The van der Waals surface area contributed by atoms with Crippen molar-refractivity contribution in [3.8, 4) is 0 Å². The van der Waals surface area contributed by atoms with Crippen LogP contribution in [0.5, 0.6) is 0 Å². The van der Waals surface area contributed by atoms with Crippen LogP contribution in [0.2, 0.25) is 0 Å². The van der Waals surface area contributed by atoms with Gasteiger partial charge in [-0.3, -0.25) is 4.98 Å². The normalized spacial score (nSPS) is 13.0. The number of pyridine rings is 1. The summed E-state index contributed by atoms with van der Waals surface area (Å²) < 4.78 is 4.60. The fourth-order valence-electron chi connectivity index (χ4n) is 0.695. The number of ether oxygens (including phenoxy) is 1. The fourth-order valence-corrected chi connectivity index (χ4v) is 0.695. The molecule has 1 unspecified atom stereocenters. The molecule has 0 amide bonds. The van der Waals surface area contributed by atoms with Gasteiger partial charge >= 0.3 is 0 Å². The summed E-state index contributed by atoms with van der Waals surface area (Å²) in [5.74, 6) is 0. The molecule has 0 aromatic carbocycles. The molecule has 0 aliphatic rings. The number of aromatic nitrogens is 1. The van der Waals surface area contributed by atoms with Gasteiger partial charge in [-0.25, -0.2) is 0 Å². The second kappa shape index (κ2) is 3.32. The summed E-state index contributed by atoms with van der Waals surface area (Å²) in [6.45, 7) is 1.87. The summed E-state index contributed by atoms with van der Waals surface area (Å²) in [7, 11) is 4.98. The van der Waals surface area contributed by atoms with Crippen molar-refractivity contribution >= 4 is 0 Å². The maximum Gasteiger partial charge on any atom is 0.116 e. The van der Waals surface area contributed by atoms with Crippen molar-refractivity contribution < 1.29 is 4.74 Å². The van der Waals surface area contributed by atoms with Crippen molar-refractivity contribution in [3.05, 3.63) is 37.2 Å². The van der Waals surface area contributed by atoms with Crippen molar-refractivity contribution in [3.63, 3.8) is 0 Å². The Bertz CT molecular complexity index is 186. The van der Waals surface area contributed by atoms with Gasteiger partial charge in [0.05, 0.1) is 6.10 Å². The zero-order valence-electron chi connectivity index (χ0n) is 5.82. The molecule has 0 spiro atoms. The zero-order valence-corrected chi connectivity index (χ0v) is 5.82. The molecule has 0 aliphatic carbocycles. The predicted octanol–water partition coefficient (Wildman–Crippen LogP) is 1.83. The van der Waals surface area contributed by atoms with Crippen molar-refractivity contribution in [1.29, 1.82) is 0 Å². The minimum Gasteiger partial charge on any atom is -0.365 e. The van der Waals surface area contributed by atoms with E-state index >= 15 is 0 Å². The van der Waals surface area contributed by atoms with E-state index < -0.39 is 0 Å². The second-order valence-electron chi connectivity index (χ2n) is 2.06. The second-order valence-corrected chi connectivity index (χ2v) is 2.06. The molecule has 0 bridgehead atoms. The molecule has 1 aromatic heterocycles. The lowest BCUT2D eigenvalue weighted by molar-refractivity contribution is 0.157. The Balaban J connectivity index is 2.75. The van der Waals surface area contributed by atoms with Crippen LogP contribution in [0.3, 0.4) is 0 Å². The Morgan fingerprint density at radius 3 is 3.00 bits per heavy atom. The molecule has 1 rings (SSSR count). The van der Waals surface area contributed by atoms with E-state index in [1.807, 2.05) is 19.1 Å². The molecule has 52 valence electrons. The molecule has 1 heterocycles.